The highest BCUT2D eigenvalue weighted by atomic mass is 32.2. The van der Waals surface area contributed by atoms with E-state index in [1.165, 1.54) is 12.1 Å². The van der Waals surface area contributed by atoms with Gasteiger partial charge in [-0.1, -0.05) is 54.6 Å². The second kappa shape index (κ2) is 11.7. The molecule has 0 radical (unpaired) electrons. The molecular weight excluding hydrogens is 544 g/mol. The van der Waals surface area contributed by atoms with E-state index in [0.29, 0.717) is 29.9 Å². The first kappa shape index (κ1) is 28.8. The normalized spacial score (nSPS) is 21.1. The van der Waals surface area contributed by atoms with E-state index in [1.807, 2.05) is 68.4 Å². The van der Waals surface area contributed by atoms with Crippen LogP contribution >= 0.6 is 0 Å². The molecule has 9 nitrogen and oxygen atoms in total. The Bertz CT molecular complexity index is 1620. The fourth-order valence-electron chi connectivity index (χ4n) is 5.26. The van der Waals surface area contributed by atoms with Crippen molar-refractivity contribution in [1.29, 1.82) is 0 Å². The number of ketones is 1. The van der Waals surface area contributed by atoms with E-state index in [2.05, 4.69) is 4.98 Å². The molecule has 1 aliphatic rings. The van der Waals surface area contributed by atoms with Gasteiger partial charge >= 0.3 is 0 Å². The number of rotatable bonds is 9. The average Bonchev–Trinajstić information content (AvgIpc) is 3.38. The first-order chi connectivity index (χ1) is 19.5. The van der Waals surface area contributed by atoms with Crippen molar-refractivity contribution in [3.63, 3.8) is 0 Å². The van der Waals surface area contributed by atoms with Gasteiger partial charge in [-0.3, -0.25) is 4.79 Å². The molecule has 10 heteroatoms. The van der Waals surface area contributed by atoms with E-state index in [-0.39, 0.29) is 36.2 Å². The number of nitrogens with zero attached hydrogens (tertiary/aromatic N) is 1. The molecule has 0 saturated carbocycles. The lowest BCUT2D eigenvalue weighted by Crippen LogP contribution is -2.41. The predicted octanol–water partition coefficient (Wildman–Crippen LogP) is 4.83. The predicted molar refractivity (Wildman–Crippen MR) is 152 cm³/mol. The number of carbonyl (C=O) groups excluding carboxylic acids is 1. The van der Waals surface area contributed by atoms with Crippen molar-refractivity contribution in [2.75, 3.05) is 6.61 Å². The molecule has 1 aliphatic heterocycles. The molecule has 0 aliphatic carbocycles. The molecule has 1 saturated heterocycles. The minimum Gasteiger partial charge on any atom is -0.433 e. The van der Waals surface area contributed by atoms with E-state index in [9.17, 15) is 18.3 Å². The Balaban J connectivity index is 1.32. The van der Waals surface area contributed by atoms with Crippen molar-refractivity contribution in [1.82, 2.24) is 4.98 Å². The molecule has 214 valence electrons. The van der Waals surface area contributed by atoms with Crippen LogP contribution in [0, 0.1) is 0 Å². The Hall–Kier alpha value is -3.67. The molecular formula is C31H32N2O7S. The minimum atomic E-state index is -3.86. The number of benzene rings is 3. The molecule has 4 aromatic rings. The fourth-order valence-corrected chi connectivity index (χ4v) is 5.77. The number of ether oxygens (including phenoxy) is 2. The van der Waals surface area contributed by atoms with Crippen LogP contribution in [0.3, 0.4) is 0 Å². The van der Waals surface area contributed by atoms with Crippen molar-refractivity contribution < 1.29 is 32.2 Å². The van der Waals surface area contributed by atoms with E-state index in [0.717, 1.165) is 16.7 Å². The van der Waals surface area contributed by atoms with Gasteiger partial charge in [-0.05, 0) is 49.2 Å². The summed E-state index contributed by atoms with van der Waals surface area (Å²) >= 11 is 0. The van der Waals surface area contributed by atoms with Crippen LogP contribution in [0.4, 0.5) is 0 Å². The van der Waals surface area contributed by atoms with E-state index < -0.39 is 21.4 Å². The number of hydrogen-bond acceptors (Lipinski definition) is 8. The van der Waals surface area contributed by atoms with Crippen LogP contribution in [-0.4, -0.2) is 43.1 Å². The fraction of sp³-hybridized carbons (Fsp3) is 0.290. The van der Waals surface area contributed by atoms with Crippen LogP contribution in [0.15, 0.2) is 88.2 Å². The summed E-state index contributed by atoms with van der Waals surface area (Å²) in [7, 11) is -3.86. The number of aromatic nitrogens is 1. The van der Waals surface area contributed by atoms with Gasteiger partial charge in [0.15, 0.2) is 5.76 Å². The Kier molecular flexibility index (Phi) is 8.21. The molecule has 2 atom stereocenters. The summed E-state index contributed by atoms with van der Waals surface area (Å²) in [5.41, 5.74) is 2.34. The molecule has 3 N–H and O–H groups in total. The van der Waals surface area contributed by atoms with Gasteiger partial charge in [0.05, 0.1) is 29.3 Å². The maximum absolute atomic E-state index is 13.1. The van der Waals surface area contributed by atoms with Gasteiger partial charge in [0.2, 0.25) is 15.8 Å². The summed E-state index contributed by atoms with van der Waals surface area (Å²) in [6.45, 7) is 3.80. The first-order valence-electron chi connectivity index (χ1n) is 13.3. The van der Waals surface area contributed by atoms with E-state index in [4.69, 9.17) is 19.0 Å². The van der Waals surface area contributed by atoms with Crippen LogP contribution in [0.1, 0.15) is 48.5 Å². The molecule has 2 heterocycles. The molecule has 0 amide bonds. The third-order valence-corrected chi connectivity index (χ3v) is 7.97. The van der Waals surface area contributed by atoms with Gasteiger partial charge < -0.3 is 19.0 Å². The summed E-state index contributed by atoms with van der Waals surface area (Å²) in [4.78, 5) is 17.5. The lowest BCUT2D eigenvalue weighted by molar-refractivity contribution is -0.135. The summed E-state index contributed by atoms with van der Waals surface area (Å²) in [5.74, 6) is -0.250. The van der Waals surface area contributed by atoms with Crippen molar-refractivity contribution in [3.8, 4) is 22.6 Å². The second-order valence-corrected chi connectivity index (χ2v) is 12.0. The molecule has 3 aromatic carbocycles. The number of hydrogen-bond donors (Lipinski definition) is 2. The third kappa shape index (κ3) is 6.64. The molecule has 5 rings (SSSR count). The van der Waals surface area contributed by atoms with Crippen molar-refractivity contribution >= 4 is 15.8 Å². The number of carbonyl (C=O) groups is 1. The van der Waals surface area contributed by atoms with Gasteiger partial charge in [-0.25, -0.2) is 18.5 Å². The molecule has 0 spiro atoms. The molecule has 2 unspecified atom stereocenters. The van der Waals surface area contributed by atoms with Gasteiger partial charge in [-0.2, -0.15) is 0 Å². The molecule has 0 bridgehead atoms. The number of Topliss-reactive ketones (excluding diaryl/α,β-unsaturated/α-hetero) is 1. The van der Waals surface area contributed by atoms with Crippen LogP contribution in [0.2, 0.25) is 0 Å². The van der Waals surface area contributed by atoms with Crippen LogP contribution < -0.4 is 5.14 Å². The van der Waals surface area contributed by atoms with Crippen LogP contribution in [0.5, 0.6) is 0 Å². The maximum Gasteiger partial charge on any atom is 0.266 e. The zero-order valence-corrected chi connectivity index (χ0v) is 23.6. The van der Waals surface area contributed by atoms with Crippen molar-refractivity contribution in [3.05, 3.63) is 95.9 Å². The molecule has 1 aromatic heterocycles. The monoisotopic (exact) mass is 576 g/mol. The Morgan fingerprint density at radius 1 is 1.00 bits per heavy atom. The minimum absolute atomic E-state index is 0.0382. The van der Waals surface area contributed by atoms with Gasteiger partial charge in [0, 0.05) is 24.0 Å². The van der Waals surface area contributed by atoms with Gasteiger partial charge in [0.25, 0.3) is 5.89 Å². The Morgan fingerprint density at radius 3 is 2.34 bits per heavy atom. The maximum atomic E-state index is 13.1. The summed E-state index contributed by atoms with van der Waals surface area (Å²) < 4.78 is 40.8. The standard InChI is InChI=1S/C31H32N2O7S/c1-20-16-31(35,17-21(2)39-20)25-10-6-7-22(15-25)18-38-19-27(34)30-33-28(23-8-4-3-5-9-23)29(40-30)24-11-13-26(14-12-24)41(32,36)37/h3-15,20-21,35H,16-19H2,1-2H3,(H2,32,36,37). The topological polar surface area (TPSA) is 142 Å². The van der Waals surface area contributed by atoms with Crippen molar-refractivity contribution in [2.45, 2.75) is 56.0 Å². The lowest BCUT2D eigenvalue weighted by Gasteiger charge is -2.39. The van der Waals surface area contributed by atoms with Crippen LogP contribution in [0.25, 0.3) is 22.6 Å². The third-order valence-electron chi connectivity index (χ3n) is 7.04. The highest BCUT2D eigenvalue weighted by Crippen LogP contribution is 2.38. The molecule has 1 fully saturated rings. The summed E-state index contributed by atoms with van der Waals surface area (Å²) in [6.07, 6.45) is 0.890. The smallest absolute Gasteiger partial charge is 0.266 e. The summed E-state index contributed by atoms with van der Waals surface area (Å²) in [5, 5.41) is 16.5. The molecule has 41 heavy (non-hydrogen) atoms. The number of aliphatic hydroxyl groups is 1. The zero-order valence-electron chi connectivity index (χ0n) is 22.8. The Labute approximate surface area is 239 Å². The van der Waals surface area contributed by atoms with E-state index >= 15 is 0 Å². The largest absolute Gasteiger partial charge is 0.433 e. The zero-order chi connectivity index (χ0) is 29.2. The number of sulfonamides is 1. The second-order valence-electron chi connectivity index (χ2n) is 10.4. The Morgan fingerprint density at radius 2 is 1.68 bits per heavy atom. The van der Waals surface area contributed by atoms with E-state index in [1.54, 1.807) is 12.1 Å². The van der Waals surface area contributed by atoms with Gasteiger partial charge in [-0.15, -0.1) is 0 Å². The van der Waals surface area contributed by atoms with Crippen LogP contribution in [-0.2, 0) is 31.7 Å². The van der Waals surface area contributed by atoms with Crippen molar-refractivity contribution in [2.24, 2.45) is 5.14 Å². The SMILES string of the molecule is CC1CC(O)(c2cccc(COCC(=O)c3nc(-c4ccccc4)c(-c4ccc(S(N)(=O)=O)cc4)o3)c2)CC(C)O1. The quantitative estimate of drug-likeness (QED) is 0.270. The number of oxazole rings is 1. The average molecular weight is 577 g/mol. The van der Waals surface area contributed by atoms with Gasteiger partial charge in [0.1, 0.15) is 12.3 Å². The lowest BCUT2D eigenvalue weighted by atomic mass is 9.81. The first-order valence-corrected chi connectivity index (χ1v) is 14.8. The highest BCUT2D eigenvalue weighted by Gasteiger charge is 2.38. The number of nitrogens with two attached hydrogens (primary N) is 1. The summed E-state index contributed by atoms with van der Waals surface area (Å²) in [6, 6.07) is 22.6. The number of primary sulfonamides is 1. The highest BCUT2D eigenvalue weighted by molar-refractivity contribution is 7.89.